The van der Waals surface area contributed by atoms with Crippen LogP contribution in [0, 0.1) is 5.92 Å². The molecule has 7 heteroatoms. The number of benzene rings is 1. The molecule has 0 saturated carbocycles. The van der Waals surface area contributed by atoms with Gasteiger partial charge in [0.25, 0.3) is 0 Å². The minimum absolute atomic E-state index is 0. The van der Waals surface area contributed by atoms with E-state index >= 15 is 0 Å². The lowest BCUT2D eigenvalue weighted by Crippen LogP contribution is -2.50. The number of nitrogens with zero attached hydrogens (tertiary/aromatic N) is 4. The molecule has 1 aromatic heterocycles. The number of hydrogen-bond donors (Lipinski definition) is 1. The van der Waals surface area contributed by atoms with E-state index in [1.54, 1.807) is 18.1 Å². The standard InChI is InChI=1S/C24H33N5O.HI/c1-19-18-29(16-13-22(19)20-9-5-4-6-10-20)24(25-2)27-17-23(30)28(3)15-12-21-11-7-8-14-26-21;/h4-11,14,19,22H,12-13,15-18H2,1-3H3,(H,25,27);1H. The van der Waals surface area contributed by atoms with Gasteiger partial charge in [0, 0.05) is 52.0 Å². The number of halogens is 1. The van der Waals surface area contributed by atoms with Crippen LogP contribution in [0.3, 0.4) is 0 Å². The Bertz CT molecular complexity index is 830. The number of rotatable bonds is 6. The van der Waals surface area contributed by atoms with E-state index in [4.69, 9.17) is 0 Å². The largest absolute Gasteiger partial charge is 0.347 e. The summed E-state index contributed by atoms with van der Waals surface area (Å²) >= 11 is 0. The van der Waals surface area contributed by atoms with Crippen molar-refractivity contribution in [3.8, 4) is 0 Å². The highest BCUT2D eigenvalue weighted by Gasteiger charge is 2.28. The van der Waals surface area contributed by atoms with Gasteiger partial charge in [-0.2, -0.15) is 0 Å². The normalized spacial score (nSPS) is 18.8. The van der Waals surface area contributed by atoms with Crippen molar-refractivity contribution in [1.82, 2.24) is 20.1 Å². The molecule has 2 atom stereocenters. The van der Waals surface area contributed by atoms with Gasteiger partial charge in [0.1, 0.15) is 0 Å². The summed E-state index contributed by atoms with van der Waals surface area (Å²) in [7, 11) is 3.62. The Morgan fingerprint density at radius 1 is 1.23 bits per heavy atom. The monoisotopic (exact) mass is 535 g/mol. The maximum atomic E-state index is 12.5. The average molecular weight is 535 g/mol. The first-order valence-electron chi connectivity index (χ1n) is 10.7. The number of nitrogens with one attached hydrogen (secondary N) is 1. The van der Waals surface area contributed by atoms with Crippen LogP contribution in [0.25, 0.3) is 0 Å². The smallest absolute Gasteiger partial charge is 0.241 e. The Morgan fingerprint density at radius 2 is 1.97 bits per heavy atom. The molecule has 0 spiro atoms. The van der Waals surface area contributed by atoms with Crippen LogP contribution in [-0.2, 0) is 11.2 Å². The van der Waals surface area contributed by atoms with Gasteiger partial charge in [0.05, 0.1) is 6.54 Å². The van der Waals surface area contributed by atoms with Crippen LogP contribution in [0.2, 0.25) is 0 Å². The number of hydrogen-bond acceptors (Lipinski definition) is 3. The molecule has 1 amide bonds. The summed E-state index contributed by atoms with van der Waals surface area (Å²) in [5.41, 5.74) is 2.41. The van der Waals surface area contributed by atoms with E-state index in [1.165, 1.54) is 5.56 Å². The van der Waals surface area contributed by atoms with Gasteiger partial charge in [-0.3, -0.25) is 14.8 Å². The molecule has 1 aromatic carbocycles. The van der Waals surface area contributed by atoms with Crippen molar-refractivity contribution in [2.24, 2.45) is 10.9 Å². The highest BCUT2D eigenvalue weighted by atomic mass is 127. The molecule has 31 heavy (non-hydrogen) atoms. The fraction of sp³-hybridized carbons (Fsp3) is 0.458. The molecule has 168 valence electrons. The molecule has 0 aliphatic carbocycles. The Hall–Kier alpha value is -2.16. The fourth-order valence-electron chi connectivity index (χ4n) is 4.11. The second-order valence-corrected chi connectivity index (χ2v) is 8.02. The van der Waals surface area contributed by atoms with Crippen LogP contribution < -0.4 is 5.32 Å². The van der Waals surface area contributed by atoms with E-state index in [2.05, 4.69) is 57.4 Å². The lowest BCUT2D eigenvalue weighted by Gasteiger charge is -2.39. The third-order valence-corrected chi connectivity index (χ3v) is 5.90. The first kappa shape index (κ1) is 25.1. The second kappa shape index (κ2) is 12.6. The van der Waals surface area contributed by atoms with E-state index in [-0.39, 0.29) is 36.4 Å². The van der Waals surface area contributed by atoms with Gasteiger partial charge < -0.3 is 15.1 Å². The van der Waals surface area contributed by atoms with Crippen molar-refractivity contribution in [3.63, 3.8) is 0 Å². The van der Waals surface area contributed by atoms with E-state index in [0.29, 0.717) is 18.4 Å². The molecule has 6 nitrogen and oxygen atoms in total. The summed E-state index contributed by atoms with van der Waals surface area (Å²) in [4.78, 5) is 25.3. The number of pyridine rings is 1. The molecule has 1 fully saturated rings. The first-order chi connectivity index (χ1) is 14.6. The Labute approximate surface area is 203 Å². The number of amides is 1. The van der Waals surface area contributed by atoms with Gasteiger partial charge in [0.2, 0.25) is 5.91 Å². The summed E-state index contributed by atoms with van der Waals surface area (Å²) in [5.74, 6) is 1.95. The number of likely N-dealkylation sites (N-methyl/N-ethyl adjacent to an activating group) is 1. The minimum Gasteiger partial charge on any atom is -0.347 e. The van der Waals surface area contributed by atoms with Gasteiger partial charge in [0.15, 0.2) is 5.96 Å². The third kappa shape index (κ3) is 7.19. The Kier molecular flexibility index (Phi) is 10.2. The summed E-state index contributed by atoms with van der Waals surface area (Å²) in [5, 5.41) is 3.26. The van der Waals surface area contributed by atoms with E-state index in [0.717, 1.165) is 37.6 Å². The molecule has 2 aromatic rings. The number of guanidine groups is 1. The maximum absolute atomic E-state index is 12.5. The van der Waals surface area contributed by atoms with Gasteiger partial charge in [-0.1, -0.05) is 43.3 Å². The molecule has 2 heterocycles. The molecular weight excluding hydrogens is 501 g/mol. The van der Waals surface area contributed by atoms with Crippen molar-refractivity contribution < 1.29 is 4.79 Å². The number of carbonyl (C=O) groups is 1. The number of piperidine rings is 1. The molecule has 1 aliphatic heterocycles. The predicted molar refractivity (Wildman–Crippen MR) is 137 cm³/mol. The average Bonchev–Trinajstić information content (AvgIpc) is 2.79. The van der Waals surface area contributed by atoms with Crippen LogP contribution in [0.1, 0.15) is 30.5 Å². The Morgan fingerprint density at radius 3 is 2.61 bits per heavy atom. The zero-order valence-corrected chi connectivity index (χ0v) is 21.0. The van der Waals surface area contributed by atoms with Crippen molar-refractivity contribution in [3.05, 3.63) is 66.0 Å². The van der Waals surface area contributed by atoms with E-state index in [1.807, 2.05) is 25.2 Å². The maximum Gasteiger partial charge on any atom is 0.241 e. The summed E-state index contributed by atoms with van der Waals surface area (Å²) < 4.78 is 0. The molecule has 1 aliphatic rings. The van der Waals surface area contributed by atoms with Crippen LogP contribution in [0.5, 0.6) is 0 Å². The molecule has 3 rings (SSSR count). The molecule has 0 bridgehead atoms. The van der Waals surface area contributed by atoms with Gasteiger partial charge in [-0.05, 0) is 36.0 Å². The lowest BCUT2D eigenvalue weighted by atomic mass is 9.82. The first-order valence-corrected chi connectivity index (χ1v) is 10.7. The molecule has 2 unspecified atom stereocenters. The van der Waals surface area contributed by atoms with Crippen molar-refractivity contribution in [1.29, 1.82) is 0 Å². The summed E-state index contributed by atoms with van der Waals surface area (Å²) in [6, 6.07) is 16.6. The number of aromatic nitrogens is 1. The minimum atomic E-state index is 0. The van der Waals surface area contributed by atoms with E-state index in [9.17, 15) is 4.79 Å². The molecule has 1 saturated heterocycles. The van der Waals surface area contributed by atoms with Crippen molar-refractivity contribution in [2.45, 2.75) is 25.7 Å². The highest BCUT2D eigenvalue weighted by molar-refractivity contribution is 14.0. The second-order valence-electron chi connectivity index (χ2n) is 8.02. The zero-order chi connectivity index (χ0) is 21.3. The summed E-state index contributed by atoms with van der Waals surface area (Å²) in [6.45, 7) is 5.07. The molecule has 0 radical (unpaired) electrons. The number of likely N-dealkylation sites (tertiary alicyclic amines) is 1. The predicted octanol–water partition coefficient (Wildman–Crippen LogP) is 3.40. The fourth-order valence-corrected chi connectivity index (χ4v) is 4.11. The summed E-state index contributed by atoms with van der Waals surface area (Å²) in [6.07, 6.45) is 3.62. The van der Waals surface area contributed by atoms with Crippen LogP contribution >= 0.6 is 24.0 Å². The molecule has 1 N–H and O–H groups in total. The topological polar surface area (TPSA) is 60.8 Å². The Balaban J connectivity index is 0.00000341. The third-order valence-electron chi connectivity index (χ3n) is 5.90. The van der Waals surface area contributed by atoms with Gasteiger partial charge >= 0.3 is 0 Å². The lowest BCUT2D eigenvalue weighted by molar-refractivity contribution is -0.128. The quantitative estimate of drug-likeness (QED) is 0.350. The SMILES string of the molecule is CN=C(NCC(=O)N(C)CCc1ccccn1)N1CCC(c2ccccc2)C(C)C1.I. The molecular formula is C24H34IN5O. The van der Waals surface area contributed by atoms with Crippen LogP contribution in [0.4, 0.5) is 0 Å². The number of aliphatic imine (C=N–C) groups is 1. The van der Waals surface area contributed by atoms with Gasteiger partial charge in [-0.15, -0.1) is 24.0 Å². The van der Waals surface area contributed by atoms with Crippen LogP contribution in [0.15, 0.2) is 59.7 Å². The van der Waals surface area contributed by atoms with Gasteiger partial charge in [-0.25, -0.2) is 0 Å². The van der Waals surface area contributed by atoms with E-state index < -0.39 is 0 Å². The zero-order valence-electron chi connectivity index (χ0n) is 18.7. The van der Waals surface area contributed by atoms with Crippen LogP contribution in [-0.4, -0.2) is 66.9 Å². The van der Waals surface area contributed by atoms with Crippen molar-refractivity contribution >= 4 is 35.8 Å². The van der Waals surface area contributed by atoms with Crippen molar-refractivity contribution in [2.75, 3.05) is 40.3 Å². The highest BCUT2D eigenvalue weighted by Crippen LogP contribution is 2.32. The number of carbonyl (C=O) groups excluding carboxylic acids is 1.